The lowest BCUT2D eigenvalue weighted by molar-refractivity contribution is 0.256. The van der Waals surface area contributed by atoms with Crippen LogP contribution in [0.1, 0.15) is 10.4 Å². The van der Waals surface area contributed by atoms with E-state index in [2.05, 4.69) is 16.7 Å². The summed E-state index contributed by atoms with van der Waals surface area (Å²) in [6, 6.07) is 13.6. The van der Waals surface area contributed by atoms with Crippen LogP contribution in [0.3, 0.4) is 0 Å². The number of urea groups is 1. The molecule has 2 heterocycles. The Labute approximate surface area is 209 Å². The lowest BCUT2D eigenvalue weighted by atomic mass is 10.1. The number of anilines is 2. The summed E-state index contributed by atoms with van der Waals surface area (Å²) in [6.07, 6.45) is 1.40. The zero-order valence-corrected chi connectivity index (χ0v) is 20.8. The zero-order chi connectivity index (χ0) is 25.3. The molecule has 4 rings (SSSR count). The minimum absolute atomic E-state index is 0.0179. The van der Waals surface area contributed by atoms with Gasteiger partial charge in [-0.3, -0.25) is 9.36 Å². The third kappa shape index (κ3) is 4.85. The summed E-state index contributed by atoms with van der Waals surface area (Å²) in [5.41, 5.74) is 1.17. The number of carbonyl (C=O) groups is 1. The molecule has 0 aliphatic heterocycles. The second-order valence-electron chi connectivity index (χ2n) is 7.43. The number of nitrogens with zero attached hydrogens (tertiary/aromatic N) is 2. The number of fused-ring (bicyclic) bond motifs is 1. The Bertz CT molecular complexity index is 1690. The van der Waals surface area contributed by atoms with Crippen molar-refractivity contribution >= 4 is 61.1 Å². The summed E-state index contributed by atoms with van der Waals surface area (Å²) in [4.78, 5) is 26.2. The molecule has 2 aromatic heterocycles. The van der Waals surface area contributed by atoms with E-state index in [0.717, 1.165) is 21.9 Å². The van der Waals surface area contributed by atoms with Gasteiger partial charge in [0, 0.05) is 40.3 Å². The molecular formula is C23H18ClN5O4S2. The number of halogens is 1. The van der Waals surface area contributed by atoms with Crippen molar-refractivity contribution in [3.8, 4) is 11.8 Å². The molecule has 12 heteroatoms. The summed E-state index contributed by atoms with van der Waals surface area (Å²) in [5.74, 6) is 0. The Balaban J connectivity index is 1.63. The summed E-state index contributed by atoms with van der Waals surface area (Å²) in [6.45, 7) is 1.76. The Hall–Kier alpha value is -3.85. The number of hydrogen-bond donors (Lipinski definition) is 3. The molecule has 0 fully saturated rings. The lowest BCUT2D eigenvalue weighted by Crippen LogP contribution is -2.34. The van der Waals surface area contributed by atoms with E-state index in [9.17, 15) is 23.3 Å². The maximum atomic E-state index is 13.1. The quantitative estimate of drug-likeness (QED) is 0.351. The van der Waals surface area contributed by atoms with Crippen molar-refractivity contribution in [2.24, 2.45) is 0 Å². The highest BCUT2D eigenvalue weighted by Crippen LogP contribution is 2.27. The van der Waals surface area contributed by atoms with Gasteiger partial charge in [-0.15, -0.1) is 11.3 Å². The Morgan fingerprint density at radius 3 is 2.46 bits per heavy atom. The largest absolute Gasteiger partial charge is 0.388 e. The van der Waals surface area contributed by atoms with Crippen molar-refractivity contribution in [3.05, 3.63) is 80.5 Å². The molecule has 2 aromatic carbocycles. The first-order valence-corrected chi connectivity index (χ1v) is 12.8. The van der Waals surface area contributed by atoms with Crippen LogP contribution in [-0.2, 0) is 10.0 Å². The van der Waals surface area contributed by atoms with Crippen LogP contribution in [0.2, 0.25) is 5.02 Å². The molecule has 0 aliphatic rings. The number of amides is 2. The van der Waals surface area contributed by atoms with Crippen LogP contribution >= 0.6 is 22.9 Å². The molecule has 3 N–H and O–H groups in total. The first kappa shape index (κ1) is 24.3. The van der Waals surface area contributed by atoms with Crippen LogP contribution < -0.4 is 20.9 Å². The average molecular weight is 528 g/mol. The summed E-state index contributed by atoms with van der Waals surface area (Å²) in [5, 5.41) is 16.0. The predicted molar refractivity (Wildman–Crippen MR) is 137 cm³/mol. The van der Waals surface area contributed by atoms with E-state index in [1.807, 2.05) is 4.72 Å². The predicted octanol–water partition coefficient (Wildman–Crippen LogP) is 4.44. The third-order valence-electron chi connectivity index (χ3n) is 5.10. The highest BCUT2D eigenvalue weighted by Gasteiger charge is 2.20. The second-order valence-corrected chi connectivity index (χ2v) is 11.0. The number of nitriles is 1. The van der Waals surface area contributed by atoms with Gasteiger partial charge in [0.05, 0.1) is 16.3 Å². The fourth-order valence-corrected chi connectivity index (χ4v) is 5.89. The van der Waals surface area contributed by atoms with Crippen molar-refractivity contribution in [3.63, 3.8) is 0 Å². The number of sulfonamides is 1. The molecule has 9 nitrogen and oxygen atoms in total. The van der Waals surface area contributed by atoms with Gasteiger partial charge in [-0.1, -0.05) is 11.6 Å². The number of hydrogen-bond acceptors (Lipinski definition) is 7. The van der Waals surface area contributed by atoms with Gasteiger partial charge in [0.2, 0.25) is 0 Å². The van der Waals surface area contributed by atoms with E-state index in [-0.39, 0.29) is 26.0 Å². The van der Waals surface area contributed by atoms with Gasteiger partial charge >= 0.3 is 6.03 Å². The van der Waals surface area contributed by atoms with Crippen LogP contribution in [0.25, 0.3) is 16.5 Å². The fraction of sp³-hybridized carbons (Fsp3) is 0.0870. The van der Waals surface area contributed by atoms with E-state index in [0.29, 0.717) is 16.5 Å². The Morgan fingerprint density at radius 2 is 1.83 bits per heavy atom. The number of carbonyl (C=O) groups excluding carboxylic acids is 1. The molecule has 0 bridgehead atoms. The van der Waals surface area contributed by atoms with Gasteiger partial charge in [-0.05, 0) is 55.5 Å². The van der Waals surface area contributed by atoms with Gasteiger partial charge in [-0.2, -0.15) is 5.26 Å². The smallest absolute Gasteiger partial charge is 0.333 e. The van der Waals surface area contributed by atoms with Crippen molar-refractivity contribution < 1.29 is 13.2 Å². The molecular weight excluding hydrogens is 510 g/mol. The third-order valence-corrected chi connectivity index (χ3v) is 8.23. The molecule has 0 radical (unpaired) electrons. The van der Waals surface area contributed by atoms with Crippen LogP contribution in [0.15, 0.2) is 63.7 Å². The molecule has 4 aromatic rings. The molecule has 0 unspecified atom stereocenters. The van der Waals surface area contributed by atoms with Crippen molar-refractivity contribution in [1.82, 2.24) is 9.29 Å². The minimum atomic E-state index is -4.02. The van der Waals surface area contributed by atoms with Crippen molar-refractivity contribution in [1.29, 1.82) is 5.26 Å². The van der Waals surface area contributed by atoms with E-state index in [1.54, 1.807) is 38.2 Å². The van der Waals surface area contributed by atoms with E-state index >= 15 is 0 Å². The minimum Gasteiger partial charge on any atom is -0.388 e. The topological polar surface area (TPSA) is 133 Å². The number of benzene rings is 2. The summed E-state index contributed by atoms with van der Waals surface area (Å²) < 4.78 is 27.9. The van der Waals surface area contributed by atoms with E-state index < -0.39 is 16.1 Å². The SMILES string of the molecule is CNc1ccc2c(=O)n(-c3ccc(NC(=O)NS(=O)(=O)c4ccc(C)s4)cc3Cl)cc(C#N)c2c1. The number of nitrogens with one attached hydrogen (secondary N) is 3. The van der Waals surface area contributed by atoms with E-state index in [1.165, 1.54) is 35.0 Å². The van der Waals surface area contributed by atoms with Crippen LogP contribution in [0.5, 0.6) is 0 Å². The molecule has 178 valence electrons. The molecule has 35 heavy (non-hydrogen) atoms. The average Bonchev–Trinajstić information content (AvgIpc) is 3.26. The lowest BCUT2D eigenvalue weighted by Gasteiger charge is -2.13. The Morgan fingerprint density at radius 1 is 1.09 bits per heavy atom. The van der Waals surface area contributed by atoms with Crippen molar-refractivity contribution in [2.75, 3.05) is 17.7 Å². The molecule has 0 saturated carbocycles. The standard InChI is InChI=1S/C23H18ClN5O4S2/c1-13-3-8-21(34-13)35(32,33)28-23(31)27-16-5-7-20(19(24)10-16)29-12-14(11-25)18-9-15(26-2)4-6-17(18)22(29)30/h3-10,12,26H,1-2H3,(H2,27,28,31). The summed E-state index contributed by atoms with van der Waals surface area (Å²) in [7, 11) is -2.28. The monoisotopic (exact) mass is 527 g/mol. The molecule has 0 aliphatic carbocycles. The summed E-state index contributed by atoms with van der Waals surface area (Å²) >= 11 is 7.45. The highest BCUT2D eigenvalue weighted by atomic mass is 35.5. The van der Waals surface area contributed by atoms with Gasteiger partial charge in [0.15, 0.2) is 0 Å². The van der Waals surface area contributed by atoms with E-state index in [4.69, 9.17) is 11.6 Å². The number of aromatic nitrogens is 1. The van der Waals surface area contributed by atoms with Crippen molar-refractivity contribution in [2.45, 2.75) is 11.1 Å². The van der Waals surface area contributed by atoms with Crippen LogP contribution in [-0.4, -0.2) is 26.1 Å². The fourth-order valence-electron chi connectivity index (χ4n) is 3.43. The first-order valence-electron chi connectivity index (χ1n) is 10.1. The highest BCUT2D eigenvalue weighted by molar-refractivity contribution is 7.92. The normalized spacial score (nSPS) is 11.1. The van der Waals surface area contributed by atoms with Gasteiger partial charge in [0.25, 0.3) is 15.6 Å². The number of pyridine rings is 1. The molecule has 2 amide bonds. The number of thiophene rings is 1. The van der Waals surface area contributed by atoms with Crippen LogP contribution in [0.4, 0.5) is 16.2 Å². The van der Waals surface area contributed by atoms with Gasteiger partial charge in [0.1, 0.15) is 10.3 Å². The molecule has 0 saturated heterocycles. The molecule has 0 atom stereocenters. The maximum absolute atomic E-state index is 13.1. The van der Waals surface area contributed by atoms with Gasteiger partial charge < -0.3 is 10.6 Å². The maximum Gasteiger partial charge on any atom is 0.333 e. The first-order chi connectivity index (χ1) is 16.6. The van der Waals surface area contributed by atoms with Crippen LogP contribution in [0, 0.1) is 18.3 Å². The Kier molecular flexibility index (Phi) is 6.53. The number of rotatable bonds is 5. The molecule has 0 spiro atoms. The second kappa shape index (κ2) is 9.42. The van der Waals surface area contributed by atoms with Gasteiger partial charge in [-0.25, -0.2) is 17.9 Å². The number of aryl methyl sites for hydroxylation is 1. The zero-order valence-electron chi connectivity index (χ0n) is 18.4.